The third kappa shape index (κ3) is 5.77. The summed E-state index contributed by atoms with van der Waals surface area (Å²) in [5.41, 5.74) is 0.675. The van der Waals surface area contributed by atoms with Crippen LogP contribution in [0.15, 0.2) is 66.2 Å². The maximum absolute atomic E-state index is 13.2. The fraction of sp³-hybridized carbons (Fsp3) is 0.115. The van der Waals surface area contributed by atoms with Crippen LogP contribution in [0.1, 0.15) is 18.1 Å². The van der Waals surface area contributed by atoms with Crippen molar-refractivity contribution in [1.29, 1.82) is 0 Å². The van der Waals surface area contributed by atoms with Gasteiger partial charge in [-0.15, -0.1) is 0 Å². The molecule has 194 valence electrons. The SMILES string of the molecule is CCOc1cc(/C=C2\C(=O)NC(=O)N(c3cccc(Cl)c3)C2=O)cc(Cl)c1OCc1cccc([N+](=O)[O-])c1. The number of carbonyl (C=O) groups is 3. The Labute approximate surface area is 226 Å². The highest BCUT2D eigenvalue weighted by Gasteiger charge is 2.37. The Hall–Kier alpha value is -4.41. The molecule has 1 fully saturated rings. The number of hydrogen-bond donors (Lipinski definition) is 1. The van der Waals surface area contributed by atoms with E-state index in [2.05, 4.69) is 5.32 Å². The molecule has 0 aliphatic carbocycles. The topological polar surface area (TPSA) is 128 Å². The van der Waals surface area contributed by atoms with Gasteiger partial charge in [-0.1, -0.05) is 41.4 Å². The molecule has 0 radical (unpaired) electrons. The van der Waals surface area contributed by atoms with E-state index in [-0.39, 0.29) is 46.7 Å². The number of barbiturate groups is 1. The Bertz CT molecular complexity index is 1490. The fourth-order valence-corrected chi connectivity index (χ4v) is 4.12. The number of amides is 4. The van der Waals surface area contributed by atoms with Crippen LogP contribution in [0.3, 0.4) is 0 Å². The zero-order valence-corrected chi connectivity index (χ0v) is 21.3. The number of nitro benzene ring substituents is 1. The van der Waals surface area contributed by atoms with Crippen molar-refractivity contribution in [2.24, 2.45) is 0 Å². The van der Waals surface area contributed by atoms with E-state index in [0.29, 0.717) is 16.1 Å². The van der Waals surface area contributed by atoms with Crippen LogP contribution in [0.25, 0.3) is 6.08 Å². The first-order valence-electron chi connectivity index (χ1n) is 11.2. The molecule has 1 aliphatic rings. The highest BCUT2D eigenvalue weighted by atomic mass is 35.5. The smallest absolute Gasteiger partial charge is 0.335 e. The number of carbonyl (C=O) groups excluding carboxylic acids is 3. The van der Waals surface area contributed by atoms with E-state index in [0.717, 1.165) is 4.90 Å². The molecule has 0 saturated carbocycles. The van der Waals surface area contributed by atoms with Gasteiger partial charge in [0, 0.05) is 17.2 Å². The third-order valence-electron chi connectivity index (χ3n) is 5.32. The first-order valence-corrected chi connectivity index (χ1v) is 11.9. The molecule has 1 heterocycles. The van der Waals surface area contributed by atoms with Gasteiger partial charge in [-0.05, 0) is 54.5 Å². The fourth-order valence-electron chi connectivity index (χ4n) is 3.66. The summed E-state index contributed by atoms with van der Waals surface area (Å²) < 4.78 is 11.5. The molecule has 38 heavy (non-hydrogen) atoms. The van der Waals surface area contributed by atoms with Crippen LogP contribution in [-0.4, -0.2) is 29.4 Å². The number of nitrogens with one attached hydrogen (secondary N) is 1. The Kier molecular flexibility index (Phi) is 7.94. The summed E-state index contributed by atoms with van der Waals surface area (Å²) in [6.45, 7) is 1.97. The molecular weight excluding hydrogens is 537 g/mol. The summed E-state index contributed by atoms with van der Waals surface area (Å²) in [6.07, 6.45) is 1.28. The number of anilines is 1. The van der Waals surface area contributed by atoms with Crippen molar-refractivity contribution < 1.29 is 28.8 Å². The van der Waals surface area contributed by atoms with Gasteiger partial charge in [-0.25, -0.2) is 9.69 Å². The van der Waals surface area contributed by atoms with Gasteiger partial charge in [0.2, 0.25) is 0 Å². The zero-order chi connectivity index (χ0) is 27.4. The van der Waals surface area contributed by atoms with E-state index in [1.165, 1.54) is 42.5 Å². The lowest BCUT2D eigenvalue weighted by atomic mass is 10.1. The number of nitro groups is 1. The van der Waals surface area contributed by atoms with Crippen LogP contribution in [-0.2, 0) is 16.2 Å². The molecule has 0 unspecified atom stereocenters. The monoisotopic (exact) mass is 555 g/mol. The van der Waals surface area contributed by atoms with Crippen molar-refractivity contribution in [2.75, 3.05) is 11.5 Å². The number of halogens is 2. The maximum atomic E-state index is 13.2. The summed E-state index contributed by atoms with van der Waals surface area (Å²) in [5.74, 6) is -1.32. The second-order valence-corrected chi connectivity index (χ2v) is 8.76. The Morgan fingerprint density at radius 3 is 2.50 bits per heavy atom. The highest BCUT2D eigenvalue weighted by Crippen LogP contribution is 2.38. The largest absolute Gasteiger partial charge is 0.490 e. The van der Waals surface area contributed by atoms with E-state index in [1.807, 2.05) is 0 Å². The number of ether oxygens (including phenoxy) is 2. The highest BCUT2D eigenvalue weighted by molar-refractivity contribution is 6.39. The standard InChI is InChI=1S/C26H19Cl2N3O7/c1-2-37-22-12-16(11-21(28)23(22)38-14-15-5-3-8-19(9-15)31(35)36)10-20-24(32)29-26(34)30(25(20)33)18-7-4-6-17(27)13-18/h3-13H,2,14H2,1H3,(H,29,32,34)/b20-10+. The second kappa shape index (κ2) is 11.3. The summed E-state index contributed by atoms with van der Waals surface area (Å²) in [7, 11) is 0. The van der Waals surface area contributed by atoms with Gasteiger partial charge in [-0.2, -0.15) is 0 Å². The number of hydrogen-bond acceptors (Lipinski definition) is 7. The number of imide groups is 2. The van der Waals surface area contributed by atoms with Crippen molar-refractivity contribution >= 4 is 58.5 Å². The summed E-state index contributed by atoms with van der Waals surface area (Å²) in [4.78, 5) is 49.5. The summed E-state index contributed by atoms with van der Waals surface area (Å²) >= 11 is 12.5. The van der Waals surface area contributed by atoms with Crippen molar-refractivity contribution in [3.05, 3.63) is 97.5 Å². The normalized spacial score (nSPS) is 14.4. The van der Waals surface area contributed by atoms with Gasteiger partial charge in [0.25, 0.3) is 17.5 Å². The van der Waals surface area contributed by atoms with E-state index in [1.54, 1.807) is 31.2 Å². The first kappa shape index (κ1) is 26.6. The molecule has 0 spiro atoms. The number of benzene rings is 3. The van der Waals surface area contributed by atoms with E-state index >= 15 is 0 Å². The van der Waals surface area contributed by atoms with Crippen molar-refractivity contribution in [2.45, 2.75) is 13.5 Å². The first-order chi connectivity index (χ1) is 18.2. The van der Waals surface area contributed by atoms with Crippen molar-refractivity contribution in [1.82, 2.24) is 5.32 Å². The van der Waals surface area contributed by atoms with Gasteiger partial charge >= 0.3 is 6.03 Å². The molecule has 12 heteroatoms. The lowest BCUT2D eigenvalue weighted by Gasteiger charge is -2.26. The van der Waals surface area contributed by atoms with E-state index in [9.17, 15) is 24.5 Å². The third-order valence-corrected chi connectivity index (χ3v) is 5.83. The molecule has 10 nitrogen and oxygen atoms in total. The molecule has 4 rings (SSSR count). The molecule has 3 aromatic carbocycles. The molecule has 4 amide bonds. The minimum absolute atomic E-state index is 0.0283. The van der Waals surface area contributed by atoms with Crippen LogP contribution in [0.5, 0.6) is 11.5 Å². The summed E-state index contributed by atoms with van der Waals surface area (Å²) in [6, 6.07) is 14.1. The Balaban J connectivity index is 1.65. The predicted molar refractivity (Wildman–Crippen MR) is 141 cm³/mol. The Morgan fingerprint density at radius 2 is 1.79 bits per heavy atom. The number of urea groups is 1. The van der Waals surface area contributed by atoms with Crippen LogP contribution >= 0.6 is 23.2 Å². The molecule has 0 atom stereocenters. The van der Waals surface area contributed by atoms with Crippen LogP contribution < -0.4 is 19.7 Å². The van der Waals surface area contributed by atoms with Crippen LogP contribution in [0.4, 0.5) is 16.2 Å². The maximum Gasteiger partial charge on any atom is 0.335 e. The minimum atomic E-state index is -0.905. The zero-order valence-electron chi connectivity index (χ0n) is 19.8. The molecule has 0 aromatic heterocycles. The van der Waals surface area contributed by atoms with Crippen molar-refractivity contribution in [3.8, 4) is 11.5 Å². The molecule has 1 saturated heterocycles. The molecular formula is C26H19Cl2N3O7. The number of non-ortho nitro benzene ring substituents is 1. The van der Waals surface area contributed by atoms with Gasteiger partial charge in [0.15, 0.2) is 11.5 Å². The predicted octanol–water partition coefficient (Wildman–Crippen LogP) is 5.55. The quantitative estimate of drug-likeness (QED) is 0.167. The van der Waals surface area contributed by atoms with Crippen molar-refractivity contribution in [3.63, 3.8) is 0 Å². The van der Waals surface area contributed by atoms with E-state index < -0.39 is 22.8 Å². The van der Waals surface area contributed by atoms with Gasteiger partial charge < -0.3 is 9.47 Å². The van der Waals surface area contributed by atoms with E-state index in [4.69, 9.17) is 32.7 Å². The lowest BCUT2D eigenvalue weighted by Crippen LogP contribution is -2.54. The number of nitrogens with zero attached hydrogens (tertiary/aromatic N) is 2. The van der Waals surface area contributed by atoms with Gasteiger partial charge in [0.1, 0.15) is 12.2 Å². The molecule has 1 N–H and O–H groups in total. The van der Waals surface area contributed by atoms with Crippen LogP contribution in [0, 0.1) is 10.1 Å². The molecule has 3 aromatic rings. The van der Waals surface area contributed by atoms with Gasteiger partial charge in [-0.3, -0.25) is 25.0 Å². The average molecular weight is 556 g/mol. The molecule has 0 bridgehead atoms. The van der Waals surface area contributed by atoms with Crippen LogP contribution in [0.2, 0.25) is 10.0 Å². The number of rotatable bonds is 8. The average Bonchev–Trinajstić information content (AvgIpc) is 2.86. The Morgan fingerprint density at radius 1 is 1.03 bits per heavy atom. The molecule has 1 aliphatic heterocycles. The summed E-state index contributed by atoms with van der Waals surface area (Å²) in [5, 5.41) is 13.6. The lowest BCUT2D eigenvalue weighted by molar-refractivity contribution is -0.384. The minimum Gasteiger partial charge on any atom is -0.490 e. The van der Waals surface area contributed by atoms with Gasteiger partial charge in [0.05, 0.1) is 22.2 Å². The second-order valence-electron chi connectivity index (χ2n) is 7.92.